The van der Waals surface area contributed by atoms with Gasteiger partial charge in [-0.05, 0) is 36.8 Å². The summed E-state index contributed by atoms with van der Waals surface area (Å²) in [7, 11) is -3.97. The first-order valence-corrected chi connectivity index (χ1v) is 9.57. The first kappa shape index (κ1) is 18.1. The van der Waals surface area contributed by atoms with Gasteiger partial charge in [-0.2, -0.15) is 5.26 Å². The lowest BCUT2D eigenvalue weighted by Crippen LogP contribution is -2.25. The van der Waals surface area contributed by atoms with Crippen LogP contribution in [0.1, 0.15) is 18.4 Å². The molecule has 1 aliphatic carbocycles. The van der Waals surface area contributed by atoms with Crippen LogP contribution >= 0.6 is 0 Å². The highest BCUT2D eigenvalue weighted by atomic mass is 32.2. The number of hydrogen-bond acceptors (Lipinski definition) is 5. The molecule has 1 aliphatic rings. The zero-order chi connectivity index (χ0) is 18.9. The van der Waals surface area contributed by atoms with Gasteiger partial charge in [0.25, 0.3) is 0 Å². The zero-order valence-electron chi connectivity index (χ0n) is 13.9. The third-order valence-electron chi connectivity index (χ3n) is 4.57. The smallest absolute Gasteiger partial charge is 0.328 e. The summed E-state index contributed by atoms with van der Waals surface area (Å²) in [6, 6.07) is 14.7. The van der Waals surface area contributed by atoms with Crippen molar-refractivity contribution in [1.29, 1.82) is 5.26 Å². The van der Waals surface area contributed by atoms with E-state index in [4.69, 9.17) is 4.74 Å². The van der Waals surface area contributed by atoms with Crippen molar-refractivity contribution in [2.45, 2.75) is 23.0 Å². The quantitative estimate of drug-likeness (QED) is 0.753. The molecule has 3 atom stereocenters. The summed E-state index contributed by atoms with van der Waals surface area (Å²) in [5, 5.41) is 8.45. The lowest BCUT2D eigenvalue weighted by molar-refractivity contribution is -0.147. The number of nitriles is 1. The van der Waals surface area contributed by atoms with E-state index >= 15 is 0 Å². The average molecular weight is 373 g/mol. The highest BCUT2D eigenvalue weighted by Crippen LogP contribution is 2.64. The number of carbonyl (C=O) groups excluding carboxylic acids is 1. The summed E-state index contributed by atoms with van der Waals surface area (Å²) in [6.07, 6.45) is 0. The fourth-order valence-electron chi connectivity index (χ4n) is 3.32. The Morgan fingerprint density at radius 3 is 2.35 bits per heavy atom. The van der Waals surface area contributed by atoms with Gasteiger partial charge in [-0.25, -0.2) is 12.8 Å². The number of halogens is 1. The van der Waals surface area contributed by atoms with Crippen LogP contribution in [0.25, 0.3) is 0 Å². The number of esters is 1. The monoisotopic (exact) mass is 373 g/mol. The molecule has 0 N–H and O–H groups in total. The molecular formula is C19H16FNO4S. The lowest BCUT2D eigenvalue weighted by atomic mass is 10.0. The molecule has 0 heterocycles. The number of benzene rings is 2. The molecule has 1 fully saturated rings. The Bertz CT molecular complexity index is 967. The van der Waals surface area contributed by atoms with Gasteiger partial charge in [0.15, 0.2) is 15.3 Å². The molecule has 0 aromatic heterocycles. The molecule has 0 bridgehead atoms. The van der Waals surface area contributed by atoms with Gasteiger partial charge in [0.1, 0.15) is 11.1 Å². The summed E-state index contributed by atoms with van der Waals surface area (Å²) >= 11 is 0. The number of hydrogen-bond donors (Lipinski definition) is 0. The maximum absolute atomic E-state index is 13.2. The number of carbonyl (C=O) groups is 1. The maximum atomic E-state index is 13.2. The van der Waals surface area contributed by atoms with E-state index in [1.54, 1.807) is 25.1 Å². The minimum Gasteiger partial charge on any atom is -0.465 e. The molecule has 0 radical (unpaired) electrons. The van der Waals surface area contributed by atoms with Gasteiger partial charge in [0, 0.05) is 5.92 Å². The van der Waals surface area contributed by atoms with Gasteiger partial charge in [-0.15, -0.1) is 0 Å². The fourth-order valence-corrected chi connectivity index (χ4v) is 5.58. The van der Waals surface area contributed by atoms with Crippen molar-refractivity contribution in [3.05, 3.63) is 66.0 Å². The van der Waals surface area contributed by atoms with Crippen LogP contribution in [-0.2, 0) is 19.4 Å². The standard InChI is InChI=1S/C19H16FNO4S/c1-2-25-18(22)19(12-21)16(13-8-10-14(20)11-9-13)17(19)26(23,24)15-6-4-3-5-7-15/h3-11,16-17H,2H2,1H3/t16-,17+,19-/m1/s1. The Morgan fingerprint density at radius 2 is 1.81 bits per heavy atom. The van der Waals surface area contributed by atoms with Crippen molar-refractivity contribution >= 4 is 15.8 Å². The molecule has 3 rings (SSSR count). The molecule has 0 spiro atoms. The number of ether oxygens (including phenoxy) is 1. The Hall–Kier alpha value is -2.72. The summed E-state index contributed by atoms with van der Waals surface area (Å²) in [6.45, 7) is 1.61. The second-order valence-corrected chi connectivity index (χ2v) is 8.08. The van der Waals surface area contributed by atoms with Crippen molar-refractivity contribution in [3.8, 4) is 6.07 Å². The third-order valence-corrected chi connectivity index (χ3v) is 6.81. The highest BCUT2D eigenvalue weighted by Gasteiger charge is 2.77. The topological polar surface area (TPSA) is 84.2 Å². The van der Waals surface area contributed by atoms with Crippen LogP contribution in [-0.4, -0.2) is 26.2 Å². The first-order chi connectivity index (χ1) is 12.4. The van der Waals surface area contributed by atoms with Gasteiger partial charge in [0.2, 0.25) is 0 Å². The summed E-state index contributed by atoms with van der Waals surface area (Å²) in [5.41, 5.74) is -1.44. The second kappa shape index (κ2) is 6.54. The fraction of sp³-hybridized carbons (Fsp3) is 0.263. The van der Waals surface area contributed by atoms with E-state index in [-0.39, 0.29) is 11.5 Å². The van der Waals surface area contributed by atoms with Crippen molar-refractivity contribution in [2.24, 2.45) is 5.41 Å². The van der Waals surface area contributed by atoms with E-state index in [0.29, 0.717) is 5.56 Å². The third kappa shape index (κ3) is 2.67. The van der Waals surface area contributed by atoms with Crippen LogP contribution in [0, 0.1) is 22.6 Å². The summed E-state index contributed by atoms with van der Waals surface area (Å²) in [4.78, 5) is 12.5. The summed E-state index contributed by atoms with van der Waals surface area (Å²) < 4.78 is 44.4. The van der Waals surface area contributed by atoms with E-state index in [1.807, 2.05) is 6.07 Å². The summed E-state index contributed by atoms with van der Waals surface area (Å²) in [5.74, 6) is -2.28. The Balaban J connectivity index is 2.13. The molecule has 7 heteroatoms. The van der Waals surface area contributed by atoms with E-state index < -0.39 is 38.2 Å². The number of rotatable bonds is 5. The first-order valence-electron chi connectivity index (χ1n) is 8.02. The predicted octanol–water partition coefficient (Wildman–Crippen LogP) is 2.84. The number of nitrogens with zero attached hydrogens (tertiary/aromatic N) is 1. The van der Waals surface area contributed by atoms with Gasteiger partial charge in [-0.3, -0.25) is 4.79 Å². The Morgan fingerprint density at radius 1 is 1.19 bits per heavy atom. The minimum absolute atomic E-state index is 0.0243. The second-order valence-electron chi connectivity index (χ2n) is 6.01. The molecule has 134 valence electrons. The van der Waals surface area contributed by atoms with Crippen LogP contribution in [0.2, 0.25) is 0 Å². The van der Waals surface area contributed by atoms with E-state index in [1.165, 1.54) is 36.4 Å². The molecule has 0 unspecified atom stereocenters. The molecule has 2 aromatic rings. The Kier molecular flexibility index (Phi) is 4.55. The van der Waals surface area contributed by atoms with Crippen LogP contribution in [0.3, 0.4) is 0 Å². The highest BCUT2D eigenvalue weighted by molar-refractivity contribution is 7.92. The molecule has 0 aliphatic heterocycles. The molecule has 5 nitrogen and oxygen atoms in total. The molecule has 26 heavy (non-hydrogen) atoms. The molecular weight excluding hydrogens is 357 g/mol. The maximum Gasteiger partial charge on any atom is 0.328 e. The Labute approximate surface area is 150 Å². The van der Waals surface area contributed by atoms with E-state index in [9.17, 15) is 22.9 Å². The minimum atomic E-state index is -3.97. The normalized spacial score (nSPS) is 24.5. The average Bonchev–Trinajstić information content (AvgIpc) is 3.35. The van der Waals surface area contributed by atoms with E-state index in [2.05, 4.69) is 0 Å². The van der Waals surface area contributed by atoms with Gasteiger partial charge in [-0.1, -0.05) is 30.3 Å². The van der Waals surface area contributed by atoms with Crippen molar-refractivity contribution in [1.82, 2.24) is 0 Å². The van der Waals surface area contributed by atoms with Crippen LogP contribution in [0.15, 0.2) is 59.5 Å². The zero-order valence-corrected chi connectivity index (χ0v) is 14.7. The van der Waals surface area contributed by atoms with Crippen LogP contribution in [0.4, 0.5) is 4.39 Å². The molecule has 0 saturated heterocycles. The number of sulfone groups is 1. The van der Waals surface area contributed by atoms with Crippen LogP contribution < -0.4 is 0 Å². The largest absolute Gasteiger partial charge is 0.465 e. The van der Waals surface area contributed by atoms with Gasteiger partial charge < -0.3 is 4.74 Å². The SMILES string of the molecule is CCOC(=O)[C@]1(C#N)[C@H](c2ccc(F)cc2)[C@@H]1S(=O)(=O)c1ccccc1. The molecule has 1 saturated carbocycles. The molecule has 2 aromatic carbocycles. The predicted molar refractivity (Wildman–Crippen MR) is 91.2 cm³/mol. The van der Waals surface area contributed by atoms with Crippen molar-refractivity contribution in [2.75, 3.05) is 6.61 Å². The van der Waals surface area contributed by atoms with Gasteiger partial charge >= 0.3 is 5.97 Å². The molecule has 0 amide bonds. The van der Waals surface area contributed by atoms with Gasteiger partial charge in [0.05, 0.1) is 17.6 Å². The van der Waals surface area contributed by atoms with Crippen molar-refractivity contribution in [3.63, 3.8) is 0 Å². The van der Waals surface area contributed by atoms with Crippen molar-refractivity contribution < 1.29 is 22.3 Å². The van der Waals surface area contributed by atoms with Crippen LogP contribution in [0.5, 0.6) is 0 Å². The van der Waals surface area contributed by atoms with E-state index in [0.717, 1.165) is 0 Å². The lowest BCUT2D eigenvalue weighted by Gasteiger charge is -2.09.